The minimum absolute atomic E-state index is 0.143. The molecular formula is C16H21ClN2O. The van der Waals surface area contributed by atoms with Crippen LogP contribution in [0, 0.1) is 5.41 Å². The predicted octanol–water partition coefficient (Wildman–Crippen LogP) is 4.31. The average molecular weight is 293 g/mol. The van der Waals surface area contributed by atoms with Crippen LogP contribution in [0.4, 0.5) is 5.82 Å². The topological polar surface area (TPSA) is 34.1 Å². The van der Waals surface area contributed by atoms with Gasteiger partial charge in [0.1, 0.15) is 11.6 Å². The maximum Gasteiger partial charge on any atom is 0.133 e. The van der Waals surface area contributed by atoms with Gasteiger partial charge in [0.2, 0.25) is 0 Å². The number of pyridine rings is 1. The van der Waals surface area contributed by atoms with Crippen LogP contribution in [0.25, 0.3) is 10.8 Å². The van der Waals surface area contributed by atoms with E-state index in [9.17, 15) is 0 Å². The van der Waals surface area contributed by atoms with E-state index in [4.69, 9.17) is 16.3 Å². The van der Waals surface area contributed by atoms with Crippen LogP contribution in [0.5, 0.6) is 5.75 Å². The van der Waals surface area contributed by atoms with E-state index in [0.29, 0.717) is 5.88 Å². The van der Waals surface area contributed by atoms with Gasteiger partial charge in [0.05, 0.1) is 7.11 Å². The Morgan fingerprint density at radius 3 is 2.80 bits per heavy atom. The molecule has 1 aromatic carbocycles. The maximum absolute atomic E-state index is 5.84. The molecule has 0 radical (unpaired) electrons. The number of nitrogens with one attached hydrogen (secondary N) is 1. The Hall–Kier alpha value is -1.48. The number of rotatable bonds is 6. The fourth-order valence-electron chi connectivity index (χ4n) is 2.08. The molecule has 20 heavy (non-hydrogen) atoms. The van der Waals surface area contributed by atoms with E-state index in [1.54, 1.807) is 7.11 Å². The van der Waals surface area contributed by atoms with E-state index in [0.717, 1.165) is 35.3 Å². The van der Waals surface area contributed by atoms with Crippen LogP contribution in [0.2, 0.25) is 0 Å². The molecule has 2 rings (SSSR count). The molecule has 2 aromatic rings. The Morgan fingerprint density at radius 2 is 2.10 bits per heavy atom. The summed E-state index contributed by atoms with van der Waals surface area (Å²) in [6.07, 6.45) is 2.79. The van der Waals surface area contributed by atoms with Gasteiger partial charge >= 0.3 is 0 Å². The van der Waals surface area contributed by atoms with Crippen molar-refractivity contribution in [2.45, 2.75) is 20.3 Å². The van der Waals surface area contributed by atoms with Crippen molar-refractivity contribution in [2.75, 3.05) is 24.9 Å². The molecule has 0 bridgehead atoms. The van der Waals surface area contributed by atoms with Crippen LogP contribution in [-0.4, -0.2) is 24.5 Å². The van der Waals surface area contributed by atoms with Crippen LogP contribution in [0.3, 0.4) is 0 Å². The molecule has 0 fully saturated rings. The normalized spacial score (nSPS) is 11.6. The Kier molecular flexibility index (Phi) is 4.71. The smallest absolute Gasteiger partial charge is 0.133 e. The highest BCUT2D eigenvalue weighted by atomic mass is 35.5. The molecule has 1 N–H and O–H groups in total. The fraction of sp³-hybridized carbons (Fsp3) is 0.438. The van der Waals surface area contributed by atoms with Gasteiger partial charge in [0, 0.05) is 24.0 Å². The summed E-state index contributed by atoms with van der Waals surface area (Å²) >= 11 is 5.84. The fourth-order valence-corrected chi connectivity index (χ4v) is 2.59. The van der Waals surface area contributed by atoms with E-state index >= 15 is 0 Å². The summed E-state index contributed by atoms with van der Waals surface area (Å²) in [5.41, 5.74) is 0.143. The van der Waals surface area contributed by atoms with Crippen molar-refractivity contribution in [2.24, 2.45) is 5.41 Å². The molecule has 0 saturated carbocycles. The van der Waals surface area contributed by atoms with E-state index in [1.165, 1.54) is 0 Å². The molecule has 0 saturated heterocycles. The third-order valence-corrected chi connectivity index (χ3v) is 3.67. The van der Waals surface area contributed by atoms with Crippen LogP contribution < -0.4 is 10.1 Å². The first-order valence-electron chi connectivity index (χ1n) is 6.78. The number of alkyl halides is 1. The van der Waals surface area contributed by atoms with Crippen LogP contribution >= 0.6 is 11.6 Å². The molecule has 0 aliphatic heterocycles. The Balaban J connectivity index is 2.25. The number of fused-ring (bicyclic) bond motifs is 1. The van der Waals surface area contributed by atoms with Crippen molar-refractivity contribution in [3.63, 3.8) is 0 Å². The third kappa shape index (κ3) is 3.54. The van der Waals surface area contributed by atoms with Gasteiger partial charge in [0.15, 0.2) is 0 Å². The minimum atomic E-state index is 0.143. The number of aromatic nitrogens is 1. The number of nitrogens with zero attached hydrogens (tertiary/aromatic N) is 1. The van der Waals surface area contributed by atoms with Gasteiger partial charge in [-0.3, -0.25) is 0 Å². The molecule has 0 unspecified atom stereocenters. The highest BCUT2D eigenvalue weighted by Crippen LogP contribution is 2.27. The summed E-state index contributed by atoms with van der Waals surface area (Å²) < 4.78 is 5.29. The average Bonchev–Trinajstić information content (AvgIpc) is 2.44. The highest BCUT2D eigenvalue weighted by Gasteiger charge is 2.17. The van der Waals surface area contributed by atoms with Gasteiger partial charge in [-0.15, -0.1) is 11.6 Å². The molecule has 4 heteroatoms. The molecule has 1 aromatic heterocycles. The number of hydrogen-bond donors (Lipinski definition) is 1. The second kappa shape index (κ2) is 6.31. The second-order valence-electron chi connectivity index (χ2n) is 5.70. The van der Waals surface area contributed by atoms with Crippen LogP contribution in [-0.2, 0) is 0 Å². The monoisotopic (exact) mass is 292 g/mol. The molecule has 108 valence electrons. The first kappa shape index (κ1) is 14.9. The quantitative estimate of drug-likeness (QED) is 0.806. The van der Waals surface area contributed by atoms with Crippen molar-refractivity contribution in [1.29, 1.82) is 0 Å². The summed E-state index contributed by atoms with van der Waals surface area (Å²) in [7, 11) is 1.67. The largest absolute Gasteiger partial charge is 0.497 e. The Morgan fingerprint density at radius 1 is 1.30 bits per heavy atom. The summed E-state index contributed by atoms with van der Waals surface area (Å²) in [5.74, 6) is 2.41. The number of anilines is 1. The lowest BCUT2D eigenvalue weighted by atomic mass is 9.90. The van der Waals surface area contributed by atoms with E-state index in [-0.39, 0.29) is 5.41 Å². The summed E-state index contributed by atoms with van der Waals surface area (Å²) in [5, 5.41) is 5.67. The summed E-state index contributed by atoms with van der Waals surface area (Å²) in [6, 6.07) is 8.03. The zero-order valence-electron chi connectivity index (χ0n) is 12.2. The van der Waals surface area contributed by atoms with E-state index < -0.39 is 0 Å². The lowest BCUT2D eigenvalue weighted by molar-refractivity contribution is 0.379. The maximum atomic E-state index is 5.84. The zero-order chi connectivity index (χ0) is 14.6. The number of ether oxygens (including phenoxy) is 1. The van der Waals surface area contributed by atoms with Crippen LogP contribution in [0.15, 0.2) is 30.5 Å². The van der Waals surface area contributed by atoms with Gasteiger partial charge in [-0.05, 0) is 35.4 Å². The van der Waals surface area contributed by atoms with Crippen LogP contribution in [0.1, 0.15) is 20.3 Å². The third-order valence-electron chi connectivity index (χ3n) is 3.48. The standard InChI is InChI=1S/C16H21ClN2O/c1-16(2,7-8-17)11-19-15-14-10-13(20-3)5-4-12(14)6-9-18-15/h4-6,9-10H,7-8,11H2,1-3H3,(H,18,19). The minimum Gasteiger partial charge on any atom is -0.497 e. The van der Waals surface area contributed by atoms with Gasteiger partial charge in [0.25, 0.3) is 0 Å². The molecule has 0 aliphatic rings. The van der Waals surface area contributed by atoms with E-state index in [2.05, 4.69) is 24.1 Å². The predicted molar refractivity (Wildman–Crippen MR) is 85.9 cm³/mol. The number of hydrogen-bond acceptors (Lipinski definition) is 3. The number of halogens is 1. The van der Waals surface area contributed by atoms with Gasteiger partial charge in [-0.2, -0.15) is 0 Å². The summed E-state index contributed by atoms with van der Waals surface area (Å²) in [4.78, 5) is 4.45. The highest BCUT2D eigenvalue weighted by molar-refractivity contribution is 6.17. The van der Waals surface area contributed by atoms with Crippen molar-refractivity contribution in [1.82, 2.24) is 4.98 Å². The lowest BCUT2D eigenvalue weighted by Crippen LogP contribution is -2.24. The van der Waals surface area contributed by atoms with Crippen molar-refractivity contribution in [3.05, 3.63) is 30.5 Å². The molecule has 0 aliphatic carbocycles. The van der Waals surface area contributed by atoms with Gasteiger partial charge < -0.3 is 10.1 Å². The van der Waals surface area contributed by atoms with Gasteiger partial charge in [-0.25, -0.2) is 4.98 Å². The number of methoxy groups -OCH3 is 1. The second-order valence-corrected chi connectivity index (χ2v) is 6.08. The lowest BCUT2D eigenvalue weighted by Gasteiger charge is -2.24. The molecule has 0 atom stereocenters. The van der Waals surface area contributed by atoms with Crippen molar-refractivity contribution in [3.8, 4) is 5.75 Å². The Bertz CT molecular complexity index is 584. The molecular weight excluding hydrogens is 272 g/mol. The molecule has 0 spiro atoms. The molecule has 3 nitrogen and oxygen atoms in total. The summed E-state index contributed by atoms with van der Waals surface area (Å²) in [6.45, 7) is 5.24. The number of benzene rings is 1. The van der Waals surface area contributed by atoms with E-state index in [1.807, 2.05) is 30.5 Å². The molecule has 1 heterocycles. The first-order valence-corrected chi connectivity index (χ1v) is 7.32. The first-order chi connectivity index (χ1) is 9.55. The van der Waals surface area contributed by atoms with Gasteiger partial charge in [-0.1, -0.05) is 19.9 Å². The molecule has 0 amide bonds. The SMILES string of the molecule is COc1ccc2ccnc(NCC(C)(C)CCCl)c2c1. The van der Waals surface area contributed by atoms with Crippen molar-refractivity contribution < 1.29 is 4.74 Å². The zero-order valence-corrected chi connectivity index (χ0v) is 13.0. The Labute approximate surface area is 125 Å². The van der Waals surface area contributed by atoms with Crippen molar-refractivity contribution >= 4 is 28.2 Å².